The Morgan fingerprint density at radius 1 is 0.963 bits per heavy atom. The van der Waals surface area contributed by atoms with Crippen molar-refractivity contribution in [2.45, 2.75) is 19.3 Å². The van der Waals surface area contributed by atoms with Gasteiger partial charge in [0, 0.05) is 38.0 Å². The largest absolute Gasteiger partial charge is 0.497 e. The van der Waals surface area contributed by atoms with Crippen LogP contribution in [0.4, 0.5) is 0 Å². The SMILES string of the molecule is COc1ccc(C(=O)CCC(=O)N(CCN)CCc2ccccc2)cc1.Cl. The monoisotopic (exact) mass is 390 g/mol. The van der Waals surface area contributed by atoms with Crippen molar-refractivity contribution < 1.29 is 14.3 Å². The van der Waals surface area contributed by atoms with Gasteiger partial charge in [-0.25, -0.2) is 0 Å². The van der Waals surface area contributed by atoms with Gasteiger partial charge in [0.25, 0.3) is 0 Å². The summed E-state index contributed by atoms with van der Waals surface area (Å²) in [5.74, 6) is 0.623. The van der Waals surface area contributed by atoms with Crippen molar-refractivity contribution in [1.29, 1.82) is 0 Å². The van der Waals surface area contributed by atoms with Crippen LogP contribution < -0.4 is 10.5 Å². The number of methoxy groups -OCH3 is 1. The van der Waals surface area contributed by atoms with E-state index in [4.69, 9.17) is 10.5 Å². The number of carbonyl (C=O) groups is 2. The summed E-state index contributed by atoms with van der Waals surface area (Å²) >= 11 is 0. The molecule has 0 aliphatic heterocycles. The van der Waals surface area contributed by atoms with Gasteiger partial charge < -0.3 is 15.4 Å². The molecule has 2 N–H and O–H groups in total. The van der Waals surface area contributed by atoms with Gasteiger partial charge >= 0.3 is 0 Å². The summed E-state index contributed by atoms with van der Waals surface area (Å²) in [4.78, 5) is 26.5. The number of ether oxygens (including phenoxy) is 1. The molecule has 5 nitrogen and oxygen atoms in total. The first-order valence-electron chi connectivity index (χ1n) is 8.83. The minimum absolute atomic E-state index is 0. The maximum absolute atomic E-state index is 12.5. The predicted molar refractivity (Wildman–Crippen MR) is 110 cm³/mol. The van der Waals surface area contributed by atoms with Crippen LogP contribution in [-0.2, 0) is 11.2 Å². The summed E-state index contributed by atoms with van der Waals surface area (Å²) in [6, 6.07) is 17.0. The molecule has 0 aromatic heterocycles. The first kappa shape index (κ1) is 22.7. The number of Topliss-reactive ketones (excluding diaryl/α,β-unsaturated/α-hetero) is 1. The van der Waals surface area contributed by atoms with Gasteiger partial charge in [0.1, 0.15) is 5.75 Å². The molecule has 0 aliphatic carbocycles. The third-order valence-electron chi connectivity index (χ3n) is 4.24. The van der Waals surface area contributed by atoms with Crippen molar-refractivity contribution in [3.05, 3.63) is 65.7 Å². The number of nitrogens with two attached hydrogens (primary N) is 1. The molecule has 0 aliphatic rings. The molecule has 2 aromatic carbocycles. The summed E-state index contributed by atoms with van der Waals surface area (Å²) in [5, 5.41) is 0. The molecule has 146 valence electrons. The maximum Gasteiger partial charge on any atom is 0.223 e. The van der Waals surface area contributed by atoms with Crippen molar-refractivity contribution in [1.82, 2.24) is 4.90 Å². The molecule has 27 heavy (non-hydrogen) atoms. The van der Waals surface area contributed by atoms with Crippen molar-refractivity contribution in [3.8, 4) is 5.75 Å². The highest BCUT2D eigenvalue weighted by Gasteiger charge is 2.15. The zero-order valence-corrected chi connectivity index (χ0v) is 16.4. The fourth-order valence-electron chi connectivity index (χ4n) is 2.73. The number of amides is 1. The summed E-state index contributed by atoms with van der Waals surface area (Å²) < 4.78 is 5.08. The summed E-state index contributed by atoms with van der Waals surface area (Å²) in [6.07, 6.45) is 1.16. The second-order valence-corrected chi connectivity index (χ2v) is 6.06. The number of carbonyl (C=O) groups excluding carboxylic acids is 2. The van der Waals surface area contributed by atoms with Crippen LogP contribution in [0.2, 0.25) is 0 Å². The van der Waals surface area contributed by atoms with Crippen LogP contribution in [0.1, 0.15) is 28.8 Å². The Bertz CT molecular complexity index is 705. The van der Waals surface area contributed by atoms with E-state index in [9.17, 15) is 9.59 Å². The molecule has 6 heteroatoms. The maximum atomic E-state index is 12.5. The van der Waals surface area contributed by atoms with Crippen LogP contribution in [0, 0.1) is 0 Å². The highest BCUT2D eigenvalue weighted by atomic mass is 35.5. The van der Waals surface area contributed by atoms with Gasteiger partial charge in [-0.05, 0) is 36.2 Å². The topological polar surface area (TPSA) is 72.6 Å². The molecule has 0 saturated heterocycles. The molecule has 0 atom stereocenters. The lowest BCUT2D eigenvalue weighted by atomic mass is 10.1. The Hall–Kier alpha value is -2.37. The Morgan fingerprint density at radius 3 is 2.22 bits per heavy atom. The fourth-order valence-corrected chi connectivity index (χ4v) is 2.73. The van der Waals surface area contributed by atoms with E-state index in [0.717, 1.165) is 6.42 Å². The van der Waals surface area contributed by atoms with Crippen LogP contribution in [-0.4, -0.2) is 43.3 Å². The standard InChI is InChI=1S/C21H26N2O3.ClH/c1-26-19-9-7-18(8-10-19)20(24)11-12-21(25)23(16-14-22)15-13-17-5-3-2-4-6-17;/h2-10H,11-16,22H2,1H3;1H. The Balaban J connectivity index is 0.00000364. The summed E-state index contributed by atoms with van der Waals surface area (Å²) in [6.45, 7) is 1.52. The van der Waals surface area contributed by atoms with Crippen LogP contribution in [0.15, 0.2) is 54.6 Å². The molecule has 0 spiro atoms. The number of halogens is 1. The lowest BCUT2D eigenvalue weighted by molar-refractivity contribution is -0.131. The molecule has 0 bridgehead atoms. The average Bonchev–Trinajstić information content (AvgIpc) is 2.69. The van der Waals surface area contributed by atoms with Gasteiger partial charge in [0.15, 0.2) is 5.78 Å². The Kier molecular flexibility index (Phi) is 10.2. The van der Waals surface area contributed by atoms with Crippen LogP contribution in [0.3, 0.4) is 0 Å². The minimum Gasteiger partial charge on any atom is -0.497 e. The van der Waals surface area contributed by atoms with E-state index in [2.05, 4.69) is 0 Å². The zero-order valence-electron chi connectivity index (χ0n) is 15.6. The molecule has 0 fully saturated rings. The molecule has 1 amide bonds. The van der Waals surface area contributed by atoms with E-state index in [0.29, 0.717) is 30.9 Å². The van der Waals surface area contributed by atoms with E-state index in [-0.39, 0.29) is 36.9 Å². The van der Waals surface area contributed by atoms with Gasteiger partial charge in [0.2, 0.25) is 5.91 Å². The molecule has 0 radical (unpaired) electrons. The first-order chi connectivity index (χ1) is 12.6. The summed E-state index contributed by atoms with van der Waals surface area (Å²) in [7, 11) is 1.58. The molecule has 0 heterocycles. The van der Waals surface area contributed by atoms with E-state index >= 15 is 0 Å². The molecular formula is C21H27ClN2O3. The number of nitrogens with zero attached hydrogens (tertiary/aromatic N) is 1. The number of rotatable bonds is 10. The number of hydrogen-bond donors (Lipinski definition) is 1. The summed E-state index contributed by atoms with van der Waals surface area (Å²) in [5.41, 5.74) is 7.41. The zero-order chi connectivity index (χ0) is 18.8. The number of benzene rings is 2. The smallest absolute Gasteiger partial charge is 0.223 e. The van der Waals surface area contributed by atoms with Gasteiger partial charge in [-0.2, -0.15) is 0 Å². The highest BCUT2D eigenvalue weighted by molar-refractivity contribution is 5.98. The van der Waals surface area contributed by atoms with E-state index in [1.807, 2.05) is 30.3 Å². The van der Waals surface area contributed by atoms with E-state index in [1.54, 1.807) is 36.3 Å². The average molecular weight is 391 g/mol. The third kappa shape index (κ3) is 7.41. The Morgan fingerprint density at radius 2 is 1.63 bits per heavy atom. The van der Waals surface area contributed by atoms with Crippen LogP contribution >= 0.6 is 12.4 Å². The quantitative estimate of drug-likeness (QED) is 0.632. The first-order valence-corrected chi connectivity index (χ1v) is 8.83. The van der Waals surface area contributed by atoms with Crippen molar-refractivity contribution in [3.63, 3.8) is 0 Å². The molecule has 2 aromatic rings. The van der Waals surface area contributed by atoms with Gasteiger partial charge in [0.05, 0.1) is 7.11 Å². The van der Waals surface area contributed by atoms with E-state index < -0.39 is 0 Å². The van der Waals surface area contributed by atoms with Crippen molar-refractivity contribution >= 4 is 24.1 Å². The van der Waals surface area contributed by atoms with Gasteiger partial charge in [-0.1, -0.05) is 30.3 Å². The molecule has 2 rings (SSSR count). The van der Waals surface area contributed by atoms with Gasteiger partial charge in [-0.15, -0.1) is 12.4 Å². The fraction of sp³-hybridized carbons (Fsp3) is 0.333. The second kappa shape index (κ2) is 12.1. The number of hydrogen-bond acceptors (Lipinski definition) is 4. The highest BCUT2D eigenvalue weighted by Crippen LogP contribution is 2.14. The van der Waals surface area contributed by atoms with Crippen LogP contribution in [0.5, 0.6) is 5.75 Å². The molecule has 0 saturated carbocycles. The van der Waals surface area contributed by atoms with Crippen molar-refractivity contribution in [2.24, 2.45) is 5.73 Å². The third-order valence-corrected chi connectivity index (χ3v) is 4.24. The predicted octanol–water partition coefficient (Wildman–Crippen LogP) is 3.11. The lowest BCUT2D eigenvalue weighted by Gasteiger charge is -2.22. The normalized spacial score (nSPS) is 10.0. The van der Waals surface area contributed by atoms with Gasteiger partial charge in [-0.3, -0.25) is 9.59 Å². The molecular weight excluding hydrogens is 364 g/mol. The molecule has 0 unspecified atom stereocenters. The van der Waals surface area contributed by atoms with Crippen molar-refractivity contribution in [2.75, 3.05) is 26.7 Å². The number of ketones is 1. The minimum atomic E-state index is -0.0447. The lowest BCUT2D eigenvalue weighted by Crippen LogP contribution is -2.37. The van der Waals surface area contributed by atoms with Crippen LogP contribution in [0.25, 0.3) is 0 Å². The van der Waals surface area contributed by atoms with E-state index in [1.165, 1.54) is 5.56 Å². The Labute approximate surface area is 166 Å². The second-order valence-electron chi connectivity index (χ2n) is 6.06.